The monoisotopic (exact) mass is 234 g/mol. The molecule has 0 radical (unpaired) electrons. The van der Waals surface area contributed by atoms with Crippen molar-refractivity contribution < 1.29 is 14.6 Å². The Morgan fingerprint density at radius 2 is 2.18 bits per heavy atom. The van der Waals surface area contributed by atoms with Crippen molar-refractivity contribution in [1.29, 1.82) is 0 Å². The zero-order valence-electron chi connectivity index (χ0n) is 10.2. The highest BCUT2D eigenvalue weighted by Crippen LogP contribution is 2.16. The van der Waals surface area contributed by atoms with E-state index in [0.717, 1.165) is 6.42 Å². The first-order valence-electron chi connectivity index (χ1n) is 5.77. The van der Waals surface area contributed by atoms with Gasteiger partial charge < -0.3 is 9.84 Å². The normalized spacial score (nSPS) is 12.6. The topological polar surface area (TPSA) is 46.5 Å². The average molecular weight is 234 g/mol. The van der Waals surface area contributed by atoms with Crippen LogP contribution in [0.15, 0.2) is 36.4 Å². The maximum absolute atomic E-state index is 11.6. The molecule has 1 unspecified atom stereocenters. The molecule has 0 bridgehead atoms. The summed E-state index contributed by atoms with van der Waals surface area (Å²) in [5.41, 5.74) is 0.208. The lowest BCUT2D eigenvalue weighted by atomic mass is 10.1. The Kier molecular flexibility index (Phi) is 5.27. The van der Waals surface area contributed by atoms with E-state index in [9.17, 15) is 9.90 Å². The highest BCUT2D eigenvalue weighted by Gasteiger charge is 2.12. The standard InChI is InChI=1S/C14H18O3/c1-3-4-7-11(2)10-17-14(16)12-8-5-6-9-13(12)15/h4-9,11,15H,3,10H2,1-2H3. The fraction of sp³-hybridized carbons (Fsp3) is 0.357. The van der Waals surface area contributed by atoms with Crippen LogP contribution in [0.5, 0.6) is 5.75 Å². The number of benzene rings is 1. The number of allylic oxidation sites excluding steroid dienone is 1. The molecule has 17 heavy (non-hydrogen) atoms. The summed E-state index contributed by atoms with van der Waals surface area (Å²) in [6, 6.07) is 6.37. The van der Waals surface area contributed by atoms with Crippen LogP contribution in [-0.4, -0.2) is 17.7 Å². The van der Waals surface area contributed by atoms with Gasteiger partial charge in [0.05, 0.1) is 6.61 Å². The Morgan fingerprint density at radius 3 is 2.82 bits per heavy atom. The van der Waals surface area contributed by atoms with Crippen LogP contribution in [0.2, 0.25) is 0 Å². The molecule has 0 saturated carbocycles. The van der Waals surface area contributed by atoms with Crippen LogP contribution in [0.1, 0.15) is 30.6 Å². The summed E-state index contributed by atoms with van der Waals surface area (Å²) in [5, 5.41) is 9.47. The summed E-state index contributed by atoms with van der Waals surface area (Å²) in [7, 11) is 0. The lowest BCUT2D eigenvalue weighted by Crippen LogP contribution is -2.10. The van der Waals surface area contributed by atoms with E-state index in [4.69, 9.17) is 4.74 Å². The molecule has 0 aromatic heterocycles. The van der Waals surface area contributed by atoms with Crippen LogP contribution >= 0.6 is 0 Å². The molecule has 0 aliphatic heterocycles. The molecule has 0 heterocycles. The summed E-state index contributed by atoms with van der Waals surface area (Å²) < 4.78 is 5.12. The number of esters is 1. The number of ether oxygens (including phenoxy) is 1. The minimum Gasteiger partial charge on any atom is -0.507 e. The SMILES string of the molecule is CCC=CC(C)COC(=O)c1ccccc1O. The van der Waals surface area contributed by atoms with Crippen LogP contribution in [0, 0.1) is 5.92 Å². The third kappa shape index (κ3) is 4.31. The minimum atomic E-state index is -0.486. The molecule has 0 amide bonds. The van der Waals surface area contributed by atoms with Gasteiger partial charge in [0.2, 0.25) is 0 Å². The molecule has 0 fully saturated rings. The Hall–Kier alpha value is -1.77. The second-order valence-electron chi connectivity index (χ2n) is 3.93. The van der Waals surface area contributed by atoms with E-state index < -0.39 is 5.97 Å². The molecule has 0 spiro atoms. The van der Waals surface area contributed by atoms with Gasteiger partial charge in [-0.05, 0) is 18.6 Å². The van der Waals surface area contributed by atoms with Crippen molar-refractivity contribution in [1.82, 2.24) is 0 Å². The summed E-state index contributed by atoms with van der Waals surface area (Å²) >= 11 is 0. The lowest BCUT2D eigenvalue weighted by molar-refractivity contribution is 0.0469. The van der Waals surface area contributed by atoms with Crippen LogP contribution in [-0.2, 0) is 4.74 Å². The second kappa shape index (κ2) is 6.74. The van der Waals surface area contributed by atoms with E-state index in [1.54, 1.807) is 18.2 Å². The first-order valence-corrected chi connectivity index (χ1v) is 5.77. The first kappa shape index (κ1) is 13.3. The van der Waals surface area contributed by atoms with E-state index >= 15 is 0 Å². The van der Waals surface area contributed by atoms with E-state index in [1.165, 1.54) is 6.07 Å². The summed E-state index contributed by atoms with van der Waals surface area (Å²) in [5.74, 6) is -0.348. The Morgan fingerprint density at radius 1 is 1.47 bits per heavy atom. The van der Waals surface area contributed by atoms with Gasteiger partial charge in [-0.15, -0.1) is 0 Å². The van der Waals surface area contributed by atoms with Crippen molar-refractivity contribution in [2.75, 3.05) is 6.61 Å². The van der Waals surface area contributed by atoms with Gasteiger partial charge in [0.15, 0.2) is 0 Å². The van der Waals surface area contributed by atoms with Crippen molar-refractivity contribution in [2.45, 2.75) is 20.3 Å². The summed E-state index contributed by atoms with van der Waals surface area (Å²) in [4.78, 5) is 11.6. The Bertz CT molecular complexity index is 396. The third-order valence-electron chi connectivity index (χ3n) is 2.30. The molecule has 1 rings (SSSR count). The second-order valence-corrected chi connectivity index (χ2v) is 3.93. The van der Waals surface area contributed by atoms with Gasteiger partial charge in [-0.2, -0.15) is 0 Å². The maximum atomic E-state index is 11.6. The molecular weight excluding hydrogens is 216 g/mol. The number of aromatic hydroxyl groups is 1. The zero-order valence-corrected chi connectivity index (χ0v) is 10.2. The van der Waals surface area contributed by atoms with Crippen LogP contribution in [0.3, 0.4) is 0 Å². The number of para-hydroxylation sites is 1. The van der Waals surface area contributed by atoms with E-state index in [1.807, 2.05) is 19.1 Å². The predicted octanol–water partition coefficient (Wildman–Crippen LogP) is 3.15. The largest absolute Gasteiger partial charge is 0.507 e. The molecule has 0 saturated heterocycles. The lowest BCUT2D eigenvalue weighted by Gasteiger charge is -2.08. The predicted molar refractivity (Wildman–Crippen MR) is 67.0 cm³/mol. The smallest absolute Gasteiger partial charge is 0.341 e. The fourth-order valence-electron chi connectivity index (χ4n) is 1.36. The third-order valence-corrected chi connectivity index (χ3v) is 2.30. The van der Waals surface area contributed by atoms with Gasteiger partial charge in [-0.25, -0.2) is 4.79 Å². The van der Waals surface area contributed by atoms with Crippen LogP contribution in [0.4, 0.5) is 0 Å². The molecule has 92 valence electrons. The van der Waals surface area contributed by atoms with Crippen molar-refractivity contribution in [2.24, 2.45) is 5.92 Å². The van der Waals surface area contributed by atoms with Crippen molar-refractivity contribution in [3.8, 4) is 5.75 Å². The quantitative estimate of drug-likeness (QED) is 0.628. The average Bonchev–Trinajstić information content (AvgIpc) is 2.34. The van der Waals surface area contributed by atoms with Gasteiger partial charge in [0.25, 0.3) is 0 Å². The van der Waals surface area contributed by atoms with Gasteiger partial charge >= 0.3 is 5.97 Å². The Labute approximate surface area is 102 Å². The van der Waals surface area contributed by atoms with E-state index in [-0.39, 0.29) is 17.2 Å². The number of carbonyl (C=O) groups is 1. The molecule has 1 atom stereocenters. The molecule has 3 heteroatoms. The van der Waals surface area contributed by atoms with Crippen molar-refractivity contribution in [3.63, 3.8) is 0 Å². The molecule has 3 nitrogen and oxygen atoms in total. The molecule has 1 aromatic carbocycles. The van der Waals surface area contributed by atoms with E-state index in [2.05, 4.69) is 6.92 Å². The Balaban J connectivity index is 2.51. The number of hydrogen-bond donors (Lipinski definition) is 1. The molecule has 1 N–H and O–H groups in total. The van der Waals surface area contributed by atoms with Gasteiger partial charge in [-0.3, -0.25) is 0 Å². The maximum Gasteiger partial charge on any atom is 0.341 e. The van der Waals surface area contributed by atoms with Crippen LogP contribution in [0.25, 0.3) is 0 Å². The first-order chi connectivity index (χ1) is 8.15. The van der Waals surface area contributed by atoms with Gasteiger partial charge in [0, 0.05) is 5.92 Å². The molecule has 0 aliphatic rings. The van der Waals surface area contributed by atoms with E-state index in [0.29, 0.717) is 6.61 Å². The number of hydrogen-bond acceptors (Lipinski definition) is 3. The summed E-state index contributed by atoms with van der Waals surface area (Å²) in [6.45, 7) is 4.35. The number of phenols is 1. The van der Waals surface area contributed by atoms with Crippen molar-refractivity contribution >= 4 is 5.97 Å². The highest BCUT2D eigenvalue weighted by atomic mass is 16.5. The fourth-order valence-corrected chi connectivity index (χ4v) is 1.36. The van der Waals surface area contributed by atoms with Gasteiger partial charge in [0.1, 0.15) is 11.3 Å². The summed E-state index contributed by atoms with van der Waals surface area (Å²) in [6.07, 6.45) is 5.02. The number of carbonyl (C=O) groups excluding carboxylic acids is 1. The molecule has 0 aliphatic carbocycles. The zero-order chi connectivity index (χ0) is 12.7. The highest BCUT2D eigenvalue weighted by molar-refractivity contribution is 5.92. The number of phenolic OH excluding ortho intramolecular Hbond substituents is 1. The number of rotatable bonds is 5. The van der Waals surface area contributed by atoms with Crippen molar-refractivity contribution in [3.05, 3.63) is 42.0 Å². The van der Waals surface area contributed by atoms with Gasteiger partial charge in [-0.1, -0.05) is 38.1 Å². The molecular formula is C14H18O3. The minimum absolute atomic E-state index is 0.0470. The van der Waals surface area contributed by atoms with Crippen LogP contribution < -0.4 is 0 Å². The molecule has 1 aromatic rings.